The molecule has 0 aliphatic carbocycles. The summed E-state index contributed by atoms with van der Waals surface area (Å²) in [6.45, 7) is 4.00. The zero-order valence-corrected chi connectivity index (χ0v) is 21.0. The van der Waals surface area contributed by atoms with E-state index < -0.39 is 0 Å². The molecule has 0 N–H and O–H groups in total. The molecule has 4 aromatic rings. The lowest BCUT2D eigenvalue weighted by molar-refractivity contribution is -0.117. The van der Waals surface area contributed by atoms with E-state index >= 15 is 0 Å². The Morgan fingerprint density at radius 3 is 2.53 bits per heavy atom. The minimum absolute atomic E-state index is 0.0325. The van der Waals surface area contributed by atoms with Gasteiger partial charge in [-0.05, 0) is 60.9 Å². The van der Waals surface area contributed by atoms with Crippen molar-refractivity contribution < 1.29 is 14.3 Å². The van der Waals surface area contributed by atoms with Crippen LogP contribution in [0.3, 0.4) is 0 Å². The molecular formula is C30H33N3O3. The van der Waals surface area contributed by atoms with Gasteiger partial charge in [-0.25, -0.2) is 4.98 Å². The number of hydrogen-bond donors (Lipinski definition) is 0. The minimum atomic E-state index is 0.0325. The number of amides is 1. The third-order valence-electron chi connectivity index (χ3n) is 6.90. The van der Waals surface area contributed by atoms with Crippen LogP contribution >= 0.6 is 0 Å². The Bertz CT molecular complexity index is 1330. The molecule has 0 spiro atoms. The lowest BCUT2D eigenvalue weighted by Gasteiger charge is -2.21. The van der Waals surface area contributed by atoms with E-state index in [4.69, 9.17) is 14.5 Å². The van der Waals surface area contributed by atoms with Crippen molar-refractivity contribution in [2.75, 3.05) is 25.2 Å². The van der Waals surface area contributed by atoms with Gasteiger partial charge in [-0.3, -0.25) is 4.79 Å². The first-order valence-electron chi connectivity index (χ1n) is 12.8. The monoisotopic (exact) mass is 483 g/mol. The normalized spacial score (nSPS) is 15.6. The van der Waals surface area contributed by atoms with Crippen LogP contribution in [0.5, 0.6) is 11.5 Å². The third kappa shape index (κ3) is 4.94. The Hall–Kier alpha value is -3.80. The average molecular weight is 484 g/mol. The van der Waals surface area contributed by atoms with E-state index in [9.17, 15) is 4.79 Å². The summed E-state index contributed by atoms with van der Waals surface area (Å²) in [6, 6.07) is 24.1. The Morgan fingerprint density at radius 1 is 0.972 bits per heavy atom. The van der Waals surface area contributed by atoms with Crippen LogP contribution in [0, 0.1) is 0 Å². The lowest BCUT2D eigenvalue weighted by Crippen LogP contribution is -2.26. The van der Waals surface area contributed by atoms with Crippen molar-refractivity contribution in [3.63, 3.8) is 0 Å². The fourth-order valence-electron chi connectivity index (χ4n) is 5.03. The number of methoxy groups -OCH3 is 1. The molecule has 6 nitrogen and oxygen atoms in total. The van der Waals surface area contributed by atoms with Gasteiger partial charge in [0.05, 0.1) is 24.7 Å². The van der Waals surface area contributed by atoms with E-state index in [0.29, 0.717) is 26.1 Å². The van der Waals surface area contributed by atoms with Crippen LogP contribution < -0.4 is 14.4 Å². The van der Waals surface area contributed by atoms with Crippen molar-refractivity contribution in [3.8, 4) is 11.5 Å². The van der Waals surface area contributed by atoms with Gasteiger partial charge >= 0.3 is 0 Å². The van der Waals surface area contributed by atoms with Gasteiger partial charge in [0.25, 0.3) is 0 Å². The number of rotatable bonds is 10. The zero-order chi connectivity index (χ0) is 24.9. The van der Waals surface area contributed by atoms with Crippen LogP contribution in [-0.2, 0) is 17.8 Å². The summed E-state index contributed by atoms with van der Waals surface area (Å²) in [5, 5.41) is 0. The summed E-state index contributed by atoms with van der Waals surface area (Å²) in [6.07, 6.45) is 3.70. The maximum atomic E-state index is 13.2. The SMILES string of the molecule is CCCCc1ccccc1N1CC(c2nc3ccccc3n2CCOc2ccc(OC)cc2)CC1=O. The number of aryl methyl sites for hydroxylation is 1. The topological polar surface area (TPSA) is 56.6 Å². The summed E-state index contributed by atoms with van der Waals surface area (Å²) in [7, 11) is 1.65. The van der Waals surface area contributed by atoms with Crippen molar-refractivity contribution in [2.24, 2.45) is 0 Å². The zero-order valence-electron chi connectivity index (χ0n) is 21.0. The molecule has 1 aromatic heterocycles. The average Bonchev–Trinajstić information content (AvgIpc) is 3.48. The van der Waals surface area contributed by atoms with Gasteiger partial charge in [0.2, 0.25) is 5.91 Å². The predicted octanol–water partition coefficient (Wildman–Crippen LogP) is 5.99. The van der Waals surface area contributed by atoms with Gasteiger partial charge in [0.1, 0.15) is 23.9 Å². The van der Waals surface area contributed by atoms with E-state index in [0.717, 1.165) is 53.3 Å². The second-order valence-electron chi connectivity index (χ2n) is 9.27. The van der Waals surface area contributed by atoms with E-state index in [2.05, 4.69) is 35.8 Å². The maximum absolute atomic E-state index is 13.2. The second-order valence-corrected chi connectivity index (χ2v) is 9.27. The highest BCUT2D eigenvalue weighted by Gasteiger charge is 2.35. The lowest BCUT2D eigenvalue weighted by atomic mass is 10.1. The molecule has 2 heterocycles. The number of anilines is 1. The number of para-hydroxylation sites is 3. The molecule has 1 saturated heterocycles. The van der Waals surface area contributed by atoms with E-state index in [1.54, 1.807) is 7.11 Å². The molecule has 1 atom stereocenters. The smallest absolute Gasteiger partial charge is 0.227 e. The minimum Gasteiger partial charge on any atom is -0.497 e. The molecule has 36 heavy (non-hydrogen) atoms. The fraction of sp³-hybridized carbons (Fsp3) is 0.333. The van der Waals surface area contributed by atoms with Crippen molar-refractivity contribution >= 4 is 22.6 Å². The Morgan fingerprint density at radius 2 is 1.72 bits per heavy atom. The maximum Gasteiger partial charge on any atom is 0.227 e. The van der Waals surface area contributed by atoms with Gasteiger partial charge in [0.15, 0.2) is 0 Å². The van der Waals surface area contributed by atoms with Crippen LogP contribution in [0.15, 0.2) is 72.8 Å². The van der Waals surface area contributed by atoms with Crippen LogP contribution in [0.1, 0.15) is 43.5 Å². The van der Waals surface area contributed by atoms with E-state index in [1.165, 1.54) is 5.56 Å². The number of ether oxygens (including phenoxy) is 2. The van der Waals surface area contributed by atoms with Crippen molar-refractivity contribution in [1.82, 2.24) is 9.55 Å². The Labute approximate surface area is 212 Å². The van der Waals surface area contributed by atoms with E-state index in [1.807, 2.05) is 53.4 Å². The molecule has 1 fully saturated rings. The standard InChI is InChI=1S/C30H33N3O3/c1-3-4-9-22-10-5-7-12-27(22)33-21-23(20-29(33)34)30-31-26-11-6-8-13-28(26)32(30)18-19-36-25-16-14-24(35-2)15-17-25/h5-8,10-17,23H,3-4,9,18-21H2,1-2H3. The first kappa shape index (κ1) is 23.9. The number of hydrogen-bond acceptors (Lipinski definition) is 4. The first-order chi connectivity index (χ1) is 17.7. The first-order valence-corrected chi connectivity index (χ1v) is 12.8. The third-order valence-corrected chi connectivity index (χ3v) is 6.90. The van der Waals surface area contributed by atoms with Crippen LogP contribution in [-0.4, -0.2) is 35.7 Å². The van der Waals surface area contributed by atoms with Crippen LogP contribution in [0.2, 0.25) is 0 Å². The molecule has 1 aliphatic heterocycles. The number of carbonyl (C=O) groups excluding carboxylic acids is 1. The summed E-state index contributed by atoms with van der Waals surface area (Å²) in [5.41, 5.74) is 4.31. The summed E-state index contributed by atoms with van der Waals surface area (Å²) in [4.78, 5) is 20.2. The number of aromatic nitrogens is 2. The summed E-state index contributed by atoms with van der Waals surface area (Å²) >= 11 is 0. The van der Waals surface area contributed by atoms with Gasteiger partial charge in [-0.2, -0.15) is 0 Å². The fourth-order valence-corrected chi connectivity index (χ4v) is 5.03. The van der Waals surface area contributed by atoms with Crippen molar-refractivity contribution in [2.45, 2.75) is 45.1 Å². The highest BCUT2D eigenvalue weighted by Crippen LogP contribution is 2.35. The molecule has 0 saturated carbocycles. The number of imidazole rings is 1. The highest BCUT2D eigenvalue weighted by atomic mass is 16.5. The van der Waals surface area contributed by atoms with Crippen molar-refractivity contribution in [1.29, 1.82) is 0 Å². The number of unbranched alkanes of at least 4 members (excludes halogenated alkanes) is 1. The number of fused-ring (bicyclic) bond motifs is 1. The molecule has 0 bridgehead atoms. The Kier molecular flexibility index (Phi) is 7.21. The molecule has 5 rings (SSSR count). The number of benzene rings is 3. The highest BCUT2D eigenvalue weighted by molar-refractivity contribution is 5.97. The van der Waals surface area contributed by atoms with E-state index in [-0.39, 0.29) is 11.8 Å². The largest absolute Gasteiger partial charge is 0.497 e. The Balaban J connectivity index is 1.37. The van der Waals surface area contributed by atoms with Crippen LogP contribution in [0.25, 0.3) is 11.0 Å². The predicted molar refractivity (Wildman–Crippen MR) is 143 cm³/mol. The summed E-state index contributed by atoms with van der Waals surface area (Å²) in [5.74, 6) is 2.75. The quantitative estimate of drug-likeness (QED) is 0.278. The molecule has 1 aliphatic rings. The molecule has 1 unspecified atom stereocenters. The molecule has 3 aromatic carbocycles. The van der Waals surface area contributed by atoms with Crippen LogP contribution in [0.4, 0.5) is 5.69 Å². The summed E-state index contributed by atoms with van der Waals surface area (Å²) < 4.78 is 13.5. The van der Waals surface area contributed by atoms with Gasteiger partial charge in [0, 0.05) is 24.6 Å². The second kappa shape index (κ2) is 10.9. The number of carbonyl (C=O) groups is 1. The molecule has 6 heteroatoms. The molecule has 0 radical (unpaired) electrons. The molecular weight excluding hydrogens is 450 g/mol. The number of nitrogens with zero attached hydrogens (tertiary/aromatic N) is 3. The van der Waals surface area contributed by atoms with Gasteiger partial charge in [-0.15, -0.1) is 0 Å². The molecule has 186 valence electrons. The molecule has 1 amide bonds. The van der Waals surface area contributed by atoms with Crippen molar-refractivity contribution in [3.05, 3.63) is 84.2 Å². The van der Waals surface area contributed by atoms with Gasteiger partial charge < -0.3 is 18.9 Å². The van der Waals surface area contributed by atoms with Gasteiger partial charge in [-0.1, -0.05) is 43.7 Å².